The Bertz CT molecular complexity index is 1590. The second kappa shape index (κ2) is 7.55. The largest absolute Gasteiger partial charge is 0.424 e. The van der Waals surface area contributed by atoms with Crippen molar-refractivity contribution in [3.8, 4) is 11.3 Å². The van der Waals surface area contributed by atoms with Crippen molar-refractivity contribution in [1.29, 1.82) is 0 Å². The smallest absolute Gasteiger partial charge is 0.292 e. The third-order valence-corrected chi connectivity index (χ3v) is 6.30. The van der Waals surface area contributed by atoms with Gasteiger partial charge in [0.1, 0.15) is 23.4 Å². The summed E-state index contributed by atoms with van der Waals surface area (Å²) in [5.41, 5.74) is 18.9. The molecule has 2 aromatic carbocycles. The number of aromatic nitrogens is 5. The van der Waals surface area contributed by atoms with Gasteiger partial charge in [0, 0.05) is 25.6 Å². The van der Waals surface area contributed by atoms with Crippen molar-refractivity contribution < 1.29 is 9.21 Å². The molecule has 0 saturated heterocycles. The van der Waals surface area contributed by atoms with Crippen LogP contribution in [0.3, 0.4) is 0 Å². The number of nitrogens with zero attached hydrogens (tertiary/aromatic N) is 6. The Morgan fingerprint density at radius 2 is 2.00 bits per heavy atom. The van der Waals surface area contributed by atoms with Crippen LogP contribution in [-0.4, -0.2) is 42.1 Å². The van der Waals surface area contributed by atoms with Gasteiger partial charge in [-0.15, -0.1) is 0 Å². The molecule has 34 heavy (non-hydrogen) atoms. The van der Waals surface area contributed by atoms with Crippen LogP contribution in [0.1, 0.15) is 23.6 Å². The van der Waals surface area contributed by atoms with Crippen molar-refractivity contribution in [3.05, 3.63) is 59.4 Å². The number of hydrogen-bond acceptors (Lipinski definition) is 8. The summed E-state index contributed by atoms with van der Waals surface area (Å²) in [7, 11) is 0. The summed E-state index contributed by atoms with van der Waals surface area (Å²) in [5, 5.41) is 5.56. The van der Waals surface area contributed by atoms with Crippen LogP contribution in [0.2, 0.25) is 0 Å². The van der Waals surface area contributed by atoms with Gasteiger partial charge in [0.15, 0.2) is 11.2 Å². The van der Waals surface area contributed by atoms with Gasteiger partial charge >= 0.3 is 0 Å². The summed E-state index contributed by atoms with van der Waals surface area (Å²) < 4.78 is 7.23. The molecule has 5 aromatic rings. The maximum atomic E-state index is 11.7. The summed E-state index contributed by atoms with van der Waals surface area (Å²) >= 11 is 0. The van der Waals surface area contributed by atoms with Gasteiger partial charge in [-0.2, -0.15) is 10.1 Å². The second-order valence-corrected chi connectivity index (χ2v) is 8.49. The van der Waals surface area contributed by atoms with E-state index in [2.05, 4.69) is 33.2 Å². The molecule has 0 radical (unpaired) electrons. The zero-order valence-corrected chi connectivity index (χ0v) is 18.5. The summed E-state index contributed by atoms with van der Waals surface area (Å²) in [6.45, 7) is 3.52. The molecule has 3 aromatic heterocycles. The number of fused-ring (bicyclic) bond motifs is 3. The molecule has 0 saturated carbocycles. The fraction of sp³-hybridized carbons (Fsp3) is 0.208. The number of anilines is 2. The van der Waals surface area contributed by atoms with Gasteiger partial charge in [0.05, 0.1) is 11.9 Å². The molecular weight excluding hydrogens is 432 g/mol. The summed E-state index contributed by atoms with van der Waals surface area (Å²) in [6.07, 6.45) is 2.29. The van der Waals surface area contributed by atoms with Crippen LogP contribution in [0, 0.1) is 0 Å². The molecule has 4 N–H and O–H groups in total. The summed E-state index contributed by atoms with van der Waals surface area (Å²) in [6, 6.07) is 12.0. The zero-order chi connectivity index (χ0) is 23.4. The number of benzene rings is 2. The zero-order valence-electron chi connectivity index (χ0n) is 18.5. The molecule has 1 aliphatic rings. The Morgan fingerprint density at radius 1 is 1.12 bits per heavy atom. The van der Waals surface area contributed by atoms with Crippen molar-refractivity contribution in [2.24, 2.45) is 0 Å². The molecule has 0 aliphatic carbocycles. The molecule has 10 nitrogen and oxygen atoms in total. The van der Waals surface area contributed by atoms with E-state index in [-0.39, 0.29) is 11.9 Å². The number of carbonyl (C=O) groups excluding carboxylic acids is 1. The minimum Gasteiger partial charge on any atom is -0.424 e. The van der Waals surface area contributed by atoms with Crippen LogP contribution in [0.15, 0.2) is 47.1 Å². The number of oxazole rings is 1. The van der Waals surface area contributed by atoms with Gasteiger partial charge in [-0.1, -0.05) is 18.2 Å². The van der Waals surface area contributed by atoms with E-state index in [4.69, 9.17) is 21.0 Å². The molecule has 0 spiro atoms. The lowest BCUT2D eigenvalue weighted by Crippen LogP contribution is -2.34. The number of nitrogens with two attached hydrogens (primary N) is 2. The first-order chi connectivity index (χ1) is 16.5. The van der Waals surface area contributed by atoms with Crippen molar-refractivity contribution in [2.75, 3.05) is 18.0 Å². The first-order valence-electron chi connectivity index (χ1n) is 11.0. The van der Waals surface area contributed by atoms with Crippen LogP contribution >= 0.6 is 0 Å². The van der Waals surface area contributed by atoms with Crippen LogP contribution in [-0.2, 0) is 24.3 Å². The fourth-order valence-electron chi connectivity index (χ4n) is 4.58. The SMILES string of the molecule is CC(=O)N1CCc2cc(Cn3nc(-c4ccc5oc(N)nc5c4)c4c(N)ncnc43)ccc2C1. The maximum Gasteiger partial charge on any atom is 0.292 e. The molecule has 4 heterocycles. The average molecular weight is 454 g/mol. The van der Waals surface area contributed by atoms with E-state index in [1.165, 1.54) is 17.5 Å². The maximum absolute atomic E-state index is 11.7. The van der Waals surface area contributed by atoms with Gasteiger partial charge in [0.2, 0.25) is 5.91 Å². The topological polar surface area (TPSA) is 142 Å². The van der Waals surface area contributed by atoms with Crippen LogP contribution < -0.4 is 11.5 Å². The third-order valence-electron chi connectivity index (χ3n) is 6.30. The minimum absolute atomic E-state index is 0.106. The fourth-order valence-corrected chi connectivity index (χ4v) is 4.58. The van der Waals surface area contributed by atoms with E-state index in [9.17, 15) is 4.79 Å². The van der Waals surface area contributed by atoms with Crippen molar-refractivity contribution in [3.63, 3.8) is 0 Å². The first-order valence-corrected chi connectivity index (χ1v) is 11.0. The number of nitrogen functional groups attached to an aromatic ring is 2. The molecule has 10 heteroatoms. The highest BCUT2D eigenvalue weighted by atomic mass is 16.4. The second-order valence-electron chi connectivity index (χ2n) is 8.49. The lowest BCUT2D eigenvalue weighted by atomic mass is 9.97. The van der Waals surface area contributed by atoms with E-state index in [1.54, 1.807) is 6.92 Å². The predicted octanol–water partition coefficient (Wildman–Crippen LogP) is 2.75. The quantitative estimate of drug-likeness (QED) is 0.424. The van der Waals surface area contributed by atoms with E-state index in [0.717, 1.165) is 24.1 Å². The molecule has 0 atom stereocenters. The standard InChI is InChI=1S/C24H22N8O2/c1-13(33)31-7-6-15-8-14(2-3-17(15)11-31)10-32-23-20(22(25)27-12-28-23)21(30-32)16-4-5-19-18(9-16)29-24(26)34-19/h2-5,8-9,12H,6-7,10-11H2,1H3,(H2,26,29)(H2,25,27,28). The normalized spacial score (nSPS) is 13.5. The lowest BCUT2D eigenvalue weighted by Gasteiger charge is -2.28. The van der Waals surface area contributed by atoms with Gasteiger partial charge in [0.25, 0.3) is 6.01 Å². The monoisotopic (exact) mass is 454 g/mol. The molecule has 0 bridgehead atoms. The molecule has 0 fully saturated rings. The van der Waals surface area contributed by atoms with E-state index < -0.39 is 0 Å². The van der Waals surface area contributed by atoms with E-state index >= 15 is 0 Å². The molecule has 0 unspecified atom stereocenters. The Kier molecular flexibility index (Phi) is 4.47. The lowest BCUT2D eigenvalue weighted by molar-refractivity contribution is -0.129. The number of rotatable bonds is 3. The molecular formula is C24H22N8O2. The van der Waals surface area contributed by atoms with Gasteiger partial charge < -0.3 is 20.8 Å². The Morgan fingerprint density at radius 3 is 2.85 bits per heavy atom. The predicted molar refractivity (Wildman–Crippen MR) is 127 cm³/mol. The van der Waals surface area contributed by atoms with Gasteiger partial charge in [-0.3, -0.25) is 4.79 Å². The summed E-state index contributed by atoms with van der Waals surface area (Å²) in [5.74, 6) is 0.467. The van der Waals surface area contributed by atoms with Crippen molar-refractivity contribution in [1.82, 2.24) is 29.6 Å². The van der Waals surface area contributed by atoms with Gasteiger partial charge in [-0.25, -0.2) is 14.6 Å². The highest BCUT2D eigenvalue weighted by molar-refractivity contribution is 5.99. The number of amides is 1. The molecule has 1 aliphatic heterocycles. The Hall–Kier alpha value is -4.47. The van der Waals surface area contributed by atoms with Crippen molar-refractivity contribution >= 4 is 39.9 Å². The third kappa shape index (κ3) is 3.31. The Labute approximate surface area is 194 Å². The van der Waals surface area contributed by atoms with E-state index in [0.29, 0.717) is 46.7 Å². The van der Waals surface area contributed by atoms with E-state index in [1.807, 2.05) is 27.8 Å². The number of carbonyl (C=O) groups is 1. The number of hydrogen-bond donors (Lipinski definition) is 2. The first kappa shape index (κ1) is 20.2. The summed E-state index contributed by atoms with van der Waals surface area (Å²) in [4.78, 5) is 26.5. The van der Waals surface area contributed by atoms with Crippen LogP contribution in [0.4, 0.5) is 11.8 Å². The Balaban J connectivity index is 1.40. The minimum atomic E-state index is 0.106. The van der Waals surface area contributed by atoms with Crippen LogP contribution in [0.5, 0.6) is 0 Å². The highest BCUT2D eigenvalue weighted by Crippen LogP contribution is 2.32. The molecule has 6 rings (SSSR count). The highest BCUT2D eigenvalue weighted by Gasteiger charge is 2.20. The average Bonchev–Trinajstić information content (AvgIpc) is 3.38. The van der Waals surface area contributed by atoms with Crippen LogP contribution in [0.25, 0.3) is 33.4 Å². The van der Waals surface area contributed by atoms with Gasteiger partial charge in [-0.05, 0) is 41.3 Å². The molecule has 1 amide bonds. The van der Waals surface area contributed by atoms with Crippen molar-refractivity contribution in [2.45, 2.75) is 26.4 Å². The molecule has 170 valence electrons.